The standard InChI is InChI=1S/C21H34N2O4/c1-21(2,3)27-20(25)22-19(13-23-11-9-17(14-24)10-12-23)16-26-15-18-7-5-4-6-8-18/h4-8,17,19,24H,9-16H2,1-3H3,(H,22,25). The zero-order chi connectivity index (χ0) is 19.7. The van der Waals surface area contributed by atoms with Crippen LogP contribution in [-0.4, -0.2) is 60.6 Å². The number of carbonyl (C=O) groups excluding carboxylic acids is 1. The predicted octanol–water partition coefficient (Wildman–Crippen LogP) is 2.80. The number of carbonyl (C=O) groups is 1. The highest BCUT2D eigenvalue weighted by molar-refractivity contribution is 5.68. The Kier molecular flexibility index (Phi) is 8.54. The third kappa shape index (κ3) is 8.73. The molecule has 1 aromatic carbocycles. The van der Waals surface area contributed by atoms with Crippen LogP contribution in [0.2, 0.25) is 0 Å². The number of nitrogens with zero attached hydrogens (tertiary/aromatic N) is 1. The van der Waals surface area contributed by atoms with E-state index in [1.807, 2.05) is 51.1 Å². The summed E-state index contributed by atoms with van der Waals surface area (Å²) >= 11 is 0. The third-order valence-corrected chi connectivity index (χ3v) is 4.60. The van der Waals surface area contributed by atoms with Crippen molar-refractivity contribution in [3.63, 3.8) is 0 Å². The number of nitrogens with one attached hydrogen (secondary N) is 1. The van der Waals surface area contributed by atoms with E-state index >= 15 is 0 Å². The minimum atomic E-state index is -0.529. The lowest BCUT2D eigenvalue weighted by molar-refractivity contribution is 0.0366. The van der Waals surface area contributed by atoms with Crippen LogP contribution in [0.1, 0.15) is 39.2 Å². The van der Waals surface area contributed by atoms with Crippen LogP contribution < -0.4 is 5.32 Å². The Bertz CT molecular complexity index is 551. The predicted molar refractivity (Wildman–Crippen MR) is 106 cm³/mol. The first-order valence-electron chi connectivity index (χ1n) is 9.80. The van der Waals surface area contributed by atoms with Crippen LogP contribution >= 0.6 is 0 Å². The van der Waals surface area contributed by atoms with Gasteiger partial charge in [0, 0.05) is 13.2 Å². The first-order chi connectivity index (χ1) is 12.9. The van der Waals surface area contributed by atoms with Gasteiger partial charge >= 0.3 is 6.09 Å². The van der Waals surface area contributed by atoms with Crippen LogP contribution in [-0.2, 0) is 16.1 Å². The van der Waals surface area contributed by atoms with Crippen LogP contribution in [0.3, 0.4) is 0 Å². The van der Waals surface area contributed by atoms with E-state index in [-0.39, 0.29) is 12.6 Å². The largest absolute Gasteiger partial charge is 0.444 e. The zero-order valence-corrected chi connectivity index (χ0v) is 16.8. The number of likely N-dealkylation sites (tertiary alicyclic amines) is 1. The molecule has 0 saturated carbocycles. The monoisotopic (exact) mass is 378 g/mol. The lowest BCUT2D eigenvalue weighted by Gasteiger charge is -2.34. The summed E-state index contributed by atoms with van der Waals surface area (Å²) in [5.41, 5.74) is 0.580. The molecule has 1 aliphatic heterocycles. The van der Waals surface area contributed by atoms with Gasteiger partial charge in [-0.2, -0.15) is 0 Å². The Morgan fingerprint density at radius 2 is 1.93 bits per heavy atom. The molecule has 1 heterocycles. The van der Waals surface area contributed by atoms with E-state index in [4.69, 9.17) is 9.47 Å². The van der Waals surface area contributed by atoms with Crippen molar-refractivity contribution >= 4 is 6.09 Å². The summed E-state index contributed by atoms with van der Waals surface area (Å²) in [6.45, 7) is 9.33. The molecule has 0 bridgehead atoms. The lowest BCUT2D eigenvalue weighted by Crippen LogP contribution is -2.49. The molecule has 6 nitrogen and oxygen atoms in total. The summed E-state index contributed by atoms with van der Waals surface area (Å²) in [5.74, 6) is 0.396. The maximum atomic E-state index is 12.2. The van der Waals surface area contributed by atoms with Crippen LogP contribution in [0, 0.1) is 5.92 Å². The molecule has 1 saturated heterocycles. The van der Waals surface area contributed by atoms with Gasteiger partial charge in [0.05, 0.1) is 19.3 Å². The smallest absolute Gasteiger partial charge is 0.407 e. The molecule has 1 fully saturated rings. The van der Waals surface area contributed by atoms with Crippen molar-refractivity contribution in [2.24, 2.45) is 5.92 Å². The van der Waals surface area contributed by atoms with E-state index in [0.717, 1.165) is 31.5 Å². The van der Waals surface area contributed by atoms with Crippen molar-refractivity contribution in [2.45, 2.75) is 51.9 Å². The van der Waals surface area contributed by atoms with E-state index < -0.39 is 11.7 Å². The fourth-order valence-electron chi connectivity index (χ4n) is 3.17. The maximum Gasteiger partial charge on any atom is 0.407 e. The Hall–Kier alpha value is -1.63. The molecular formula is C21H34N2O4. The van der Waals surface area contributed by atoms with Gasteiger partial charge in [-0.25, -0.2) is 4.79 Å². The highest BCUT2D eigenvalue weighted by atomic mass is 16.6. The number of rotatable bonds is 8. The van der Waals surface area contributed by atoms with Crippen molar-refractivity contribution in [2.75, 3.05) is 32.8 Å². The summed E-state index contributed by atoms with van der Waals surface area (Å²) in [6.07, 6.45) is 1.56. The number of hydrogen-bond acceptors (Lipinski definition) is 5. The minimum Gasteiger partial charge on any atom is -0.444 e. The molecule has 1 aliphatic rings. The van der Waals surface area contributed by atoms with E-state index in [9.17, 15) is 9.90 Å². The number of hydrogen-bond donors (Lipinski definition) is 2. The summed E-state index contributed by atoms with van der Waals surface area (Å²) in [5, 5.41) is 12.3. The maximum absolute atomic E-state index is 12.2. The lowest BCUT2D eigenvalue weighted by atomic mass is 9.97. The van der Waals surface area contributed by atoms with E-state index in [1.54, 1.807) is 0 Å². The molecule has 0 spiro atoms. The third-order valence-electron chi connectivity index (χ3n) is 4.60. The van der Waals surface area contributed by atoms with Crippen LogP contribution in [0.15, 0.2) is 30.3 Å². The molecule has 152 valence electrons. The quantitative estimate of drug-likeness (QED) is 0.728. The van der Waals surface area contributed by atoms with Gasteiger partial charge in [0.2, 0.25) is 0 Å². The molecule has 6 heteroatoms. The molecule has 1 aromatic rings. The van der Waals surface area contributed by atoms with Gasteiger partial charge in [0.25, 0.3) is 0 Å². The molecule has 0 aliphatic carbocycles. The molecule has 2 rings (SSSR count). The molecule has 1 atom stereocenters. The number of piperidine rings is 1. The number of aliphatic hydroxyl groups excluding tert-OH is 1. The molecule has 0 radical (unpaired) electrons. The second-order valence-electron chi connectivity index (χ2n) is 8.27. The van der Waals surface area contributed by atoms with Crippen LogP contribution in [0.25, 0.3) is 0 Å². The highest BCUT2D eigenvalue weighted by Crippen LogP contribution is 2.16. The Morgan fingerprint density at radius 1 is 1.26 bits per heavy atom. The average molecular weight is 379 g/mol. The number of benzene rings is 1. The van der Waals surface area contributed by atoms with Crippen molar-refractivity contribution in [3.05, 3.63) is 35.9 Å². The number of amides is 1. The second-order valence-corrected chi connectivity index (χ2v) is 8.27. The van der Waals surface area contributed by atoms with Crippen LogP contribution in [0.5, 0.6) is 0 Å². The molecule has 0 aromatic heterocycles. The molecule has 1 amide bonds. The number of aliphatic hydroxyl groups is 1. The molecule has 2 N–H and O–H groups in total. The summed E-state index contributed by atoms with van der Waals surface area (Å²) in [4.78, 5) is 14.5. The van der Waals surface area contributed by atoms with Gasteiger partial charge in [-0.1, -0.05) is 30.3 Å². The fourth-order valence-corrected chi connectivity index (χ4v) is 3.17. The van der Waals surface area contributed by atoms with Crippen molar-refractivity contribution < 1.29 is 19.4 Å². The van der Waals surface area contributed by atoms with E-state index in [0.29, 0.717) is 25.7 Å². The fraction of sp³-hybridized carbons (Fsp3) is 0.667. The summed E-state index contributed by atoms with van der Waals surface area (Å²) < 4.78 is 11.3. The molecular weight excluding hydrogens is 344 g/mol. The average Bonchev–Trinajstić information content (AvgIpc) is 2.61. The first kappa shape index (κ1) is 21.7. The second kappa shape index (κ2) is 10.6. The zero-order valence-electron chi connectivity index (χ0n) is 16.8. The van der Waals surface area contributed by atoms with Gasteiger partial charge in [0.1, 0.15) is 5.60 Å². The van der Waals surface area contributed by atoms with Crippen molar-refractivity contribution in [1.82, 2.24) is 10.2 Å². The van der Waals surface area contributed by atoms with E-state index in [1.165, 1.54) is 0 Å². The molecule has 1 unspecified atom stereocenters. The summed E-state index contributed by atoms with van der Waals surface area (Å²) in [7, 11) is 0. The minimum absolute atomic E-state index is 0.144. The number of alkyl carbamates (subject to hydrolysis) is 1. The van der Waals surface area contributed by atoms with Gasteiger partial charge in [-0.3, -0.25) is 0 Å². The molecule has 27 heavy (non-hydrogen) atoms. The van der Waals surface area contributed by atoms with Gasteiger partial charge in [0.15, 0.2) is 0 Å². The van der Waals surface area contributed by atoms with Gasteiger partial charge in [-0.15, -0.1) is 0 Å². The van der Waals surface area contributed by atoms with Crippen molar-refractivity contribution in [1.29, 1.82) is 0 Å². The van der Waals surface area contributed by atoms with E-state index in [2.05, 4.69) is 10.2 Å². The topological polar surface area (TPSA) is 71.0 Å². The Balaban J connectivity index is 1.86. The van der Waals surface area contributed by atoms with Crippen LogP contribution in [0.4, 0.5) is 4.79 Å². The van der Waals surface area contributed by atoms with Gasteiger partial charge < -0.3 is 24.8 Å². The van der Waals surface area contributed by atoms with Crippen molar-refractivity contribution in [3.8, 4) is 0 Å². The normalized spacial score (nSPS) is 17.5. The number of ether oxygens (including phenoxy) is 2. The summed E-state index contributed by atoms with van der Waals surface area (Å²) in [6, 6.07) is 9.85. The highest BCUT2D eigenvalue weighted by Gasteiger charge is 2.24. The first-order valence-corrected chi connectivity index (χ1v) is 9.80. The Labute approximate surface area is 162 Å². The van der Waals surface area contributed by atoms with Gasteiger partial charge in [-0.05, 0) is 58.2 Å². The Morgan fingerprint density at radius 3 is 2.52 bits per heavy atom. The SMILES string of the molecule is CC(C)(C)OC(=O)NC(COCc1ccccc1)CN1CCC(CO)CC1.